The van der Waals surface area contributed by atoms with E-state index in [1.807, 2.05) is 6.07 Å². The molecule has 2 fully saturated rings. The minimum absolute atomic E-state index is 0.118. The lowest BCUT2D eigenvalue weighted by Gasteiger charge is -2.27. The van der Waals surface area contributed by atoms with Crippen LogP contribution in [0.15, 0.2) is 23.9 Å². The number of thiophene rings is 1. The second-order valence-corrected chi connectivity index (χ2v) is 8.39. The van der Waals surface area contributed by atoms with Crippen LogP contribution in [0.2, 0.25) is 0 Å². The summed E-state index contributed by atoms with van der Waals surface area (Å²) in [4.78, 5) is 10.8. The summed E-state index contributed by atoms with van der Waals surface area (Å²) < 4.78 is 10.8. The maximum absolute atomic E-state index is 9.53. The van der Waals surface area contributed by atoms with Crippen molar-refractivity contribution in [3.05, 3.63) is 33.7 Å². The third-order valence-corrected chi connectivity index (χ3v) is 6.90. The number of morpholine rings is 2. The van der Waals surface area contributed by atoms with Gasteiger partial charge < -0.3 is 19.3 Å². The number of thiazole rings is 1. The molecule has 2 aliphatic heterocycles. The topological polar surface area (TPSA) is 85.4 Å². The van der Waals surface area contributed by atoms with Crippen molar-refractivity contribution in [1.82, 2.24) is 4.98 Å². The summed E-state index contributed by atoms with van der Waals surface area (Å²) in [5, 5.41) is 21.1. The summed E-state index contributed by atoms with van der Waals surface area (Å²) in [6.45, 7) is 6.12. The Balaban J connectivity index is 1.67. The minimum Gasteiger partial charge on any atom is -0.378 e. The number of hydrogen-bond acceptors (Lipinski definition) is 9. The van der Waals surface area contributed by atoms with E-state index in [-0.39, 0.29) is 5.57 Å². The van der Waals surface area contributed by atoms with Gasteiger partial charge in [-0.25, -0.2) is 4.98 Å². The van der Waals surface area contributed by atoms with Crippen LogP contribution in [0.25, 0.3) is 5.57 Å². The molecule has 0 aromatic carbocycles. The maximum atomic E-state index is 9.53. The third kappa shape index (κ3) is 3.89. The Morgan fingerprint density at radius 2 is 1.54 bits per heavy atom. The predicted octanol–water partition coefficient (Wildman–Crippen LogP) is 2.73. The van der Waals surface area contributed by atoms with Gasteiger partial charge in [0.25, 0.3) is 0 Å². The van der Waals surface area contributed by atoms with E-state index >= 15 is 0 Å². The fourth-order valence-corrected chi connectivity index (χ4v) is 5.42. The first kappa shape index (κ1) is 18.9. The average molecular weight is 414 g/mol. The zero-order valence-corrected chi connectivity index (χ0v) is 16.9. The van der Waals surface area contributed by atoms with Crippen LogP contribution in [0.1, 0.15) is 9.75 Å². The van der Waals surface area contributed by atoms with E-state index in [1.165, 1.54) is 11.3 Å². The average Bonchev–Trinajstić information content (AvgIpc) is 3.43. The smallest absolute Gasteiger partial charge is 0.186 e. The second-order valence-electron chi connectivity index (χ2n) is 6.32. The van der Waals surface area contributed by atoms with Crippen LogP contribution in [0.3, 0.4) is 0 Å². The Hall–Kier alpha value is -2.43. The molecule has 0 bridgehead atoms. The van der Waals surface area contributed by atoms with Gasteiger partial charge in [-0.15, -0.1) is 11.3 Å². The lowest BCUT2D eigenvalue weighted by atomic mass is 10.1. The van der Waals surface area contributed by atoms with Gasteiger partial charge in [-0.05, 0) is 12.1 Å². The highest BCUT2D eigenvalue weighted by Crippen LogP contribution is 2.39. The third-order valence-electron chi connectivity index (χ3n) is 4.66. The van der Waals surface area contributed by atoms with Crippen LogP contribution in [-0.2, 0) is 9.47 Å². The first-order valence-corrected chi connectivity index (χ1v) is 10.7. The van der Waals surface area contributed by atoms with Crippen LogP contribution < -0.4 is 9.80 Å². The van der Waals surface area contributed by atoms with Crippen molar-refractivity contribution in [1.29, 1.82) is 10.5 Å². The van der Waals surface area contributed by atoms with Gasteiger partial charge in [-0.1, -0.05) is 11.3 Å². The van der Waals surface area contributed by atoms with Crippen LogP contribution >= 0.6 is 22.7 Å². The summed E-state index contributed by atoms with van der Waals surface area (Å²) in [6.07, 6.45) is 1.77. The molecule has 9 heteroatoms. The van der Waals surface area contributed by atoms with Gasteiger partial charge in [-0.2, -0.15) is 10.5 Å². The molecule has 0 saturated carbocycles. The van der Waals surface area contributed by atoms with Crippen molar-refractivity contribution < 1.29 is 9.47 Å². The Kier molecular flexibility index (Phi) is 5.89. The molecule has 4 rings (SSSR count). The fourth-order valence-electron chi connectivity index (χ4n) is 3.20. The maximum Gasteiger partial charge on any atom is 0.186 e. The van der Waals surface area contributed by atoms with E-state index < -0.39 is 0 Å². The number of rotatable bonds is 4. The Morgan fingerprint density at radius 1 is 0.893 bits per heavy atom. The highest BCUT2D eigenvalue weighted by Gasteiger charge is 2.22. The summed E-state index contributed by atoms with van der Waals surface area (Å²) >= 11 is 3.12. The lowest BCUT2D eigenvalue weighted by Crippen LogP contribution is -2.36. The van der Waals surface area contributed by atoms with E-state index in [1.54, 1.807) is 17.5 Å². The monoisotopic (exact) mass is 413 g/mol. The van der Waals surface area contributed by atoms with Crippen molar-refractivity contribution in [2.45, 2.75) is 0 Å². The number of ether oxygens (including phenoxy) is 2. The number of hydrogen-bond donors (Lipinski definition) is 0. The van der Waals surface area contributed by atoms with Gasteiger partial charge in [-0.3, -0.25) is 0 Å². The number of nitriles is 2. The summed E-state index contributed by atoms with van der Waals surface area (Å²) in [5.41, 5.74) is 0.791. The van der Waals surface area contributed by atoms with Gasteiger partial charge in [0.15, 0.2) is 5.13 Å². The Morgan fingerprint density at radius 3 is 2.18 bits per heavy atom. The van der Waals surface area contributed by atoms with Gasteiger partial charge >= 0.3 is 0 Å². The van der Waals surface area contributed by atoms with E-state index in [2.05, 4.69) is 33.0 Å². The molecule has 2 aromatic rings. The van der Waals surface area contributed by atoms with Crippen molar-refractivity contribution in [3.63, 3.8) is 0 Å². The molecule has 28 heavy (non-hydrogen) atoms. The molecule has 0 unspecified atom stereocenters. The first-order chi connectivity index (χ1) is 13.8. The molecule has 7 nitrogen and oxygen atoms in total. The molecule has 0 amide bonds. The normalized spacial score (nSPS) is 17.1. The highest BCUT2D eigenvalue weighted by atomic mass is 32.1. The fraction of sp³-hybridized carbons (Fsp3) is 0.421. The number of allylic oxidation sites excluding steroid dienone is 1. The molecular formula is C19H19N5O2S2. The molecule has 0 spiro atoms. The van der Waals surface area contributed by atoms with Crippen LogP contribution in [-0.4, -0.2) is 57.6 Å². The minimum atomic E-state index is 0.118. The van der Waals surface area contributed by atoms with Gasteiger partial charge in [0, 0.05) is 42.8 Å². The second kappa shape index (κ2) is 8.72. The van der Waals surface area contributed by atoms with Gasteiger partial charge in [0.2, 0.25) is 0 Å². The summed E-state index contributed by atoms with van der Waals surface area (Å²) in [5.74, 6) is 0. The predicted molar refractivity (Wildman–Crippen MR) is 110 cm³/mol. The largest absolute Gasteiger partial charge is 0.378 e. The standard InChI is InChI=1S/C19H19N5O2S2/c20-11-14(12-21)18(15-1-2-17(27-15)23-3-7-25-8-4-23)16-13-22-19(28-16)24-5-9-26-10-6-24/h1-2,13H,3-10H2. The van der Waals surface area contributed by atoms with Crippen molar-refractivity contribution >= 4 is 38.4 Å². The lowest BCUT2D eigenvalue weighted by molar-refractivity contribution is 0.122. The summed E-state index contributed by atoms with van der Waals surface area (Å²) in [7, 11) is 0. The molecule has 144 valence electrons. The number of aromatic nitrogens is 1. The Bertz CT molecular complexity index is 866. The molecule has 0 radical (unpaired) electrons. The first-order valence-electron chi connectivity index (χ1n) is 9.06. The van der Waals surface area contributed by atoms with E-state index in [0.717, 1.165) is 59.3 Å². The molecule has 0 atom stereocenters. The molecule has 0 aliphatic carbocycles. The molecule has 4 heterocycles. The molecule has 2 saturated heterocycles. The van der Waals surface area contributed by atoms with Crippen molar-refractivity contribution in [3.8, 4) is 12.1 Å². The molecule has 0 N–H and O–H groups in total. The van der Waals surface area contributed by atoms with Crippen molar-refractivity contribution in [2.24, 2.45) is 0 Å². The van der Waals surface area contributed by atoms with Crippen LogP contribution in [0.5, 0.6) is 0 Å². The number of nitrogens with zero attached hydrogens (tertiary/aromatic N) is 5. The van der Waals surface area contributed by atoms with E-state index in [0.29, 0.717) is 18.8 Å². The van der Waals surface area contributed by atoms with Gasteiger partial charge in [0.1, 0.15) is 17.7 Å². The quantitative estimate of drug-likeness (QED) is 0.713. The van der Waals surface area contributed by atoms with Crippen LogP contribution in [0, 0.1) is 22.7 Å². The highest BCUT2D eigenvalue weighted by molar-refractivity contribution is 7.19. The molecule has 2 aliphatic rings. The van der Waals surface area contributed by atoms with Crippen molar-refractivity contribution in [2.75, 3.05) is 62.4 Å². The Labute approximate surface area is 171 Å². The molecular weight excluding hydrogens is 394 g/mol. The summed E-state index contributed by atoms with van der Waals surface area (Å²) in [6, 6.07) is 8.18. The molecule has 2 aromatic heterocycles. The zero-order valence-electron chi connectivity index (χ0n) is 15.3. The van der Waals surface area contributed by atoms with Crippen LogP contribution in [0.4, 0.5) is 10.1 Å². The zero-order chi connectivity index (χ0) is 19.3. The SMILES string of the molecule is N#CC(C#N)=C(c1ccc(N2CCOCC2)s1)c1cnc(N2CCOCC2)s1. The van der Waals surface area contributed by atoms with Gasteiger partial charge in [0.05, 0.1) is 36.3 Å². The number of anilines is 2. The van der Waals surface area contributed by atoms with E-state index in [4.69, 9.17) is 9.47 Å². The van der Waals surface area contributed by atoms with E-state index in [9.17, 15) is 10.5 Å².